The van der Waals surface area contributed by atoms with Crippen LogP contribution >= 0.6 is 0 Å². The molecule has 1 aromatic carbocycles. The van der Waals surface area contributed by atoms with Crippen molar-refractivity contribution in [2.24, 2.45) is 5.73 Å². The average Bonchev–Trinajstić information content (AvgIpc) is 2.35. The molecule has 0 bridgehead atoms. The van der Waals surface area contributed by atoms with E-state index < -0.39 is 15.6 Å². The van der Waals surface area contributed by atoms with Crippen LogP contribution in [-0.4, -0.2) is 20.7 Å². The number of halogens is 1. The molecule has 17 heavy (non-hydrogen) atoms. The van der Waals surface area contributed by atoms with Crippen molar-refractivity contribution in [3.05, 3.63) is 41.7 Å². The Bertz CT molecular complexity index is 573. The molecule has 1 aromatic rings. The summed E-state index contributed by atoms with van der Waals surface area (Å²) >= 11 is 0. The molecule has 0 saturated heterocycles. The molecule has 0 fully saturated rings. The normalized spacial score (nSPS) is 12.2. The molecule has 0 radical (unpaired) electrons. The zero-order chi connectivity index (χ0) is 12.9. The molecule has 2 N–H and O–H groups in total. The highest BCUT2D eigenvalue weighted by atomic mass is 32.2. The molecule has 0 aliphatic heterocycles. The van der Waals surface area contributed by atoms with Crippen molar-refractivity contribution in [1.82, 2.24) is 0 Å². The number of sulfone groups is 1. The van der Waals surface area contributed by atoms with E-state index in [1.165, 1.54) is 18.2 Å². The van der Waals surface area contributed by atoms with E-state index in [4.69, 9.17) is 11.0 Å². The van der Waals surface area contributed by atoms with Crippen molar-refractivity contribution in [3.8, 4) is 6.07 Å². The predicted molar refractivity (Wildman–Crippen MR) is 61.5 cm³/mol. The molecular weight excluding hydrogens is 243 g/mol. The lowest BCUT2D eigenvalue weighted by Gasteiger charge is -2.06. The van der Waals surface area contributed by atoms with Gasteiger partial charge in [-0.05, 0) is 17.7 Å². The van der Waals surface area contributed by atoms with E-state index in [2.05, 4.69) is 0 Å². The van der Waals surface area contributed by atoms with Crippen LogP contribution in [0.5, 0.6) is 0 Å². The summed E-state index contributed by atoms with van der Waals surface area (Å²) in [6, 6.07) is 7.57. The highest BCUT2D eigenvalue weighted by molar-refractivity contribution is 7.91. The monoisotopic (exact) mass is 254 g/mol. The Morgan fingerprint density at radius 3 is 2.65 bits per heavy atom. The Kier molecular flexibility index (Phi) is 4.37. The van der Waals surface area contributed by atoms with Crippen LogP contribution < -0.4 is 5.73 Å². The fourth-order valence-electron chi connectivity index (χ4n) is 1.29. The lowest BCUT2D eigenvalue weighted by atomic mass is 10.2. The fraction of sp³-hybridized carbons (Fsp3) is 0.182. The number of hydrogen-bond donors (Lipinski definition) is 1. The molecule has 4 nitrogen and oxygen atoms in total. The van der Waals surface area contributed by atoms with E-state index in [-0.39, 0.29) is 28.9 Å². The Balaban J connectivity index is 3.19. The second kappa shape index (κ2) is 5.57. The first-order valence-corrected chi connectivity index (χ1v) is 6.40. The van der Waals surface area contributed by atoms with Gasteiger partial charge in [-0.15, -0.1) is 0 Å². The number of nitrogens with two attached hydrogens (primary N) is 1. The van der Waals surface area contributed by atoms with Gasteiger partial charge in [0.25, 0.3) is 0 Å². The molecule has 0 amide bonds. The number of benzene rings is 1. The van der Waals surface area contributed by atoms with Crippen LogP contribution in [0, 0.1) is 11.3 Å². The topological polar surface area (TPSA) is 84.0 Å². The summed E-state index contributed by atoms with van der Waals surface area (Å²) in [5.74, 6) is -0.515. The third kappa shape index (κ3) is 3.12. The van der Waals surface area contributed by atoms with Gasteiger partial charge in [-0.25, -0.2) is 12.8 Å². The highest BCUT2D eigenvalue weighted by Crippen LogP contribution is 2.18. The number of nitrogens with zero attached hydrogens (tertiary/aromatic N) is 1. The first-order valence-electron chi connectivity index (χ1n) is 4.75. The summed E-state index contributed by atoms with van der Waals surface area (Å²) in [5, 5.41) is 8.80. The van der Waals surface area contributed by atoms with Crippen LogP contribution in [0.4, 0.5) is 4.39 Å². The van der Waals surface area contributed by atoms with Crippen molar-refractivity contribution in [1.29, 1.82) is 5.26 Å². The smallest absolute Gasteiger partial charge is 0.183 e. The van der Waals surface area contributed by atoms with E-state index in [9.17, 15) is 12.8 Å². The molecule has 0 unspecified atom stereocenters. The Hall–Kier alpha value is -1.71. The van der Waals surface area contributed by atoms with E-state index in [1.807, 2.05) is 0 Å². The minimum Gasteiger partial charge on any atom is -0.327 e. The van der Waals surface area contributed by atoms with Gasteiger partial charge in [0.15, 0.2) is 9.84 Å². The van der Waals surface area contributed by atoms with Crippen LogP contribution in [0.25, 0.3) is 0 Å². The van der Waals surface area contributed by atoms with Crippen molar-refractivity contribution >= 4 is 9.84 Å². The minimum atomic E-state index is -3.74. The summed E-state index contributed by atoms with van der Waals surface area (Å²) < 4.78 is 36.2. The Morgan fingerprint density at radius 2 is 2.12 bits per heavy atom. The van der Waals surface area contributed by atoms with Crippen LogP contribution in [0.2, 0.25) is 0 Å². The fourth-order valence-corrected chi connectivity index (χ4v) is 2.85. The third-order valence-electron chi connectivity index (χ3n) is 2.13. The summed E-state index contributed by atoms with van der Waals surface area (Å²) in [6.45, 7) is -0.176. The summed E-state index contributed by atoms with van der Waals surface area (Å²) in [6.07, 6.45) is 0.187. The van der Waals surface area contributed by atoms with E-state index in [0.29, 0.717) is 0 Å². The number of hydrogen-bond acceptors (Lipinski definition) is 4. The van der Waals surface area contributed by atoms with Gasteiger partial charge >= 0.3 is 0 Å². The van der Waals surface area contributed by atoms with Gasteiger partial charge in [-0.3, -0.25) is 0 Å². The zero-order valence-electron chi connectivity index (χ0n) is 8.93. The minimum absolute atomic E-state index is 0.0299. The van der Waals surface area contributed by atoms with Gasteiger partial charge < -0.3 is 5.73 Å². The lowest BCUT2D eigenvalue weighted by molar-refractivity contribution is 0.596. The highest BCUT2D eigenvalue weighted by Gasteiger charge is 2.19. The molecule has 0 saturated carbocycles. The maximum atomic E-state index is 12.3. The van der Waals surface area contributed by atoms with Crippen LogP contribution in [0.15, 0.2) is 41.1 Å². The maximum absolute atomic E-state index is 12.3. The Labute approximate surface area is 99.1 Å². The Morgan fingerprint density at radius 1 is 1.47 bits per heavy atom. The SMILES string of the molecule is N#Cc1ccccc1S(=O)(=O)C/C(=C/F)CN. The van der Waals surface area contributed by atoms with E-state index in [1.54, 1.807) is 12.1 Å². The molecular formula is C11H11FN2O2S. The van der Waals surface area contributed by atoms with Crippen molar-refractivity contribution in [3.63, 3.8) is 0 Å². The van der Waals surface area contributed by atoms with E-state index >= 15 is 0 Å². The molecule has 0 aromatic heterocycles. The van der Waals surface area contributed by atoms with Crippen LogP contribution in [0.1, 0.15) is 5.56 Å². The second-order valence-corrected chi connectivity index (χ2v) is 5.30. The van der Waals surface area contributed by atoms with Gasteiger partial charge in [0, 0.05) is 6.54 Å². The molecule has 6 heteroatoms. The van der Waals surface area contributed by atoms with Crippen LogP contribution in [-0.2, 0) is 9.84 Å². The third-order valence-corrected chi connectivity index (χ3v) is 3.91. The van der Waals surface area contributed by atoms with Gasteiger partial charge in [-0.1, -0.05) is 12.1 Å². The molecule has 90 valence electrons. The van der Waals surface area contributed by atoms with Crippen molar-refractivity contribution in [2.45, 2.75) is 4.90 Å². The molecule has 0 aliphatic carbocycles. The maximum Gasteiger partial charge on any atom is 0.183 e. The first kappa shape index (κ1) is 13.4. The molecule has 0 atom stereocenters. The standard InChI is InChI=1S/C11H11FN2O2S/c12-5-9(6-13)8-17(15,16)11-4-2-1-3-10(11)7-14/h1-5H,6,8,13H2/b9-5+. The zero-order valence-corrected chi connectivity index (χ0v) is 9.74. The van der Waals surface area contributed by atoms with Crippen molar-refractivity contribution in [2.75, 3.05) is 12.3 Å². The lowest BCUT2D eigenvalue weighted by Crippen LogP contribution is -2.15. The predicted octanol–water partition coefficient (Wildman–Crippen LogP) is 1.14. The summed E-state index contributed by atoms with van der Waals surface area (Å²) in [7, 11) is -3.74. The number of nitriles is 1. The second-order valence-electron chi connectivity index (χ2n) is 3.34. The molecule has 0 heterocycles. The van der Waals surface area contributed by atoms with Gasteiger partial charge in [0.1, 0.15) is 6.07 Å². The average molecular weight is 254 g/mol. The summed E-state index contributed by atoms with van der Waals surface area (Å²) in [4.78, 5) is -0.102. The molecule has 0 aliphatic rings. The number of rotatable bonds is 4. The van der Waals surface area contributed by atoms with Gasteiger partial charge in [0.2, 0.25) is 0 Å². The van der Waals surface area contributed by atoms with E-state index in [0.717, 1.165) is 0 Å². The summed E-state index contributed by atoms with van der Waals surface area (Å²) in [5.41, 5.74) is 5.22. The first-order chi connectivity index (χ1) is 8.05. The van der Waals surface area contributed by atoms with Gasteiger partial charge in [-0.2, -0.15) is 5.26 Å². The largest absolute Gasteiger partial charge is 0.327 e. The molecule has 1 rings (SSSR count). The van der Waals surface area contributed by atoms with Gasteiger partial charge in [0.05, 0.1) is 22.5 Å². The quantitative estimate of drug-likeness (QED) is 0.873. The van der Waals surface area contributed by atoms with Crippen LogP contribution in [0.3, 0.4) is 0 Å². The molecule has 0 spiro atoms. The van der Waals surface area contributed by atoms with Crippen molar-refractivity contribution < 1.29 is 12.8 Å².